The standard InChI is InChI=1S/C27H22N8O3/c1-34-9-7-17-11-19(13-30-25(17)34)32-23-5-3-21(15-28-23)37-27(36)38-22-4-6-24(29-16-22)33-20-12-18-8-10-35(2)26(18)31-14-20/h3-16H,1-2H3,(H,28,32)(H,29,33). The number of pyridine rings is 4. The lowest BCUT2D eigenvalue weighted by atomic mass is 10.3. The van der Waals surface area contributed by atoms with Gasteiger partial charge in [-0.15, -0.1) is 0 Å². The monoisotopic (exact) mass is 506 g/mol. The maximum atomic E-state index is 12.2. The van der Waals surface area contributed by atoms with Crippen molar-refractivity contribution >= 4 is 51.2 Å². The van der Waals surface area contributed by atoms with Crippen molar-refractivity contribution in [3.8, 4) is 11.5 Å². The van der Waals surface area contributed by atoms with Crippen LogP contribution in [0.25, 0.3) is 22.1 Å². The van der Waals surface area contributed by atoms with Crippen molar-refractivity contribution in [3.05, 3.63) is 85.7 Å². The van der Waals surface area contributed by atoms with Gasteiger partial charge in [-0.25, -0.2) is 24.7 Å². The Kier molecular flexibility index (Phi) is 5.77. The van der Waals surface area contributed by atoms with Crippen molar-refractivity contribution in [3.63, 3.8) is 0 Å². The number of nitrogens with zero attached hydrogens (tertiary/aromatic N) is 6. The van der Waals surface area contributed by atoms with Gasteiger partial charge in [0.05, 0.1) is 36.2 Å². The number of anilines is 4. The Morgan fingerprint density at radius 2 is 1.13 bits per heavy atom. The molecule has 0 amide bonds. The van der Waals surface area contributed by atoms with E-state index in [4.69, 9.17) is 9.47 Å². The van der Waals surface area contributed by atoms with Crippen LogP contribution in [0.2, 0.25) is 0 Å². The molecule has 0 aliphatic rings. The molecule has 2 N–H and O–H groups in total. The highest BCUT2D eigenvalue weighted by molar-refractivity contribution is 5.81. The number of aromatic nitrogens is 6. The first-order chi connectivity index (χ1) is 18.5. The Hall–Kier alpha value is -5.45. The summed E-state index contributed by atoms with van der Waals surface area (Å²) in [6.07, 6.45) is 9.35. The van der Waals surface area contributed by atoms with E-state index < -0.39 is 6.16 Å². The summed E-state index contributed by atoms with van der Waals surface area (Å²) in [6, 6.07) is 14.6. The first kappa shape index (κ1) is 23.0. The summed E-state index contributed by atoms with van der Waals surface area (Å²) >= 11 is 0. The van der Waals surface area contributed by atoms with E-state index in [-0.39, 0.29) is 11.5 Å². The second-order valence-electron chi connectivity index (χ2n) is 8.59. The zero-order valence-electron chi connectivity index (χ0n) is 20.5. The molecule has 188 valence electrons. The normalized spacial score (nSPS) is 11.0. The average molecular weight is 507 g/mol. The molecule has 0 saturated heterocycles. The van der Waals surface area contributed by atoms with Crippen LogP contribution in [0.3, 0.4) is 0 Å². The lowest BCUT2D eigenvalue weighted by molar-refractivity contribution is 0.151. The summed E-state index contributed by atoms with van der Waals surface area (Å²) in [4.78, 5) is 29.7. The van der Waals surface area contributed by atoms with E-state index in [0.717, 1.165) is 33.4 Å². The Labute approximate surface area is 216 Å². The molecule has 38 heavy (non-hydrogen) atoms. The van der Waals surface area contributed by atoms with Gasteiger partial charge in [-0.2, -0.15) is 0 Å². The van der Waals surface area contributed by atoms with Gasteiger partial charge in [0, 0.05) is 37.3 Å². The van der Waals surface area contributed by atoms with E-state index in [1.54, 1.807) is 36.7 Å². The topological polar surface area (TPSA) is 121 Å². The molecule has 6 aromatic rings. The first-order valence-corrected chi connectivity index (χ1v) is 11.7. The van der Waals surface area contributed by atoms with Crippen LogP contribution >= 0.6 is 0 Å². The maximum absolute atomic E-state index is 12.2. The third-order valence-corrected chi connectivity index (χ3v) is 5.83. The van der Waals surface area contributed by atoms with E-state index in [1.165, 1.54) is 12.4 Å². The summed E-state index contributed by atoms with van der Waals surface area (Å²) in [5, 5.41) is 8.40. The molecule has 0 radical (unpaired) electrons. The molecular formula is C27H22N8O3. The molecule has 0 aromatic carbocycles. The Bertz CT molecular complexity index is 1630. The zero-order chi connectivity index (χ0) is 26.1. The second kappa shape index (κ2) is 9.54. The summed E-state index contributed by atoms with van der Waals surface area (Å²) in [7, 11) is 3.89. The third-order valence-electron chi connectivity index (χ3n) is 5.83. The molecular weight excluding hydrogens is 484 g/mol. The first-order valence-electron chi connectivity index (χ1n) is 11.7. The van der Waals surface area contributed by atoms with E-state index in [9.17, 15) is 4.79 Å². The second-order valence-corrected chi connectivity index (χ2v) is 8.59. The van der Waals surface area contributed by atoms with Gasteiger partial charge in [0.25, 0.3) is 0 Å². The number of carbonyl (C=O) groups excluding carboxylic acids is 1. The maximum Gasteiger partial charge on any atom is 0.519 e. The van der Waals surface area contributed by atoms with Crippen LogP contribution in [-0.4, -0.2) is 35.2 Å². The third kappa shape index (κ3) is 4.80. The number of ether oxygens (including phenoxy) is 2. The number of fused-ring (bicyclic) bond motifs is 2. The molecule has 11 heteroatoms. The van der Waals surface area contributed by atoms with E-state index in [2.05, 4.69) is 30.6 Å². The summed E-state index contributed by atoms with van der Waals surface area (Å²) < 4.78 is 14.4. The molecule has 0 aliphatic heterocycles. The predicted octanol–water partition coefficient (Wildman–Crippen LogP) is 5.32. The van der Waals surface area contributed by atoms with Crippen LogP contribution in [0, 0.1) is 0 Å². The molecule has 11 nitrogen and oxygen atoms in total. The van der Waals surface area contributed by atoms with Gasteiger partial charge in [0.15, 0.2) is 11.5 Å². The molecule has 6 rings (SSSR count). The zero-order valence-corrected chi connectivity index (χ0v) is 20.5. The highest BCUT2D eigenvalue weighted by Gasteiger charge is 2.10. The van der Waals surface area contributed by atoms with Gasteiger partial charge in [0.1, 0.15) is 22.9 Å². The number of rotatable bonds is 6. The fourth-order valence-electron chi connectivity index (χ4n) is 3.98. The minimum absolute atomic E-state index is 0.243. The number of hydrogen-bond acceptors (Lipinski definition) is 9. The van der Waals surface area contributed by atoms with Crippen molar-refractivity contribution in [2.24, 2.45) is 14.1 Å². The molecule has 0 aliphatic carbocycles. The predicted molar refractivity (Wildman–Crippen MR) is 143 cm³/mol. The average Bonchev–Trinajstić information content (AvgIpc) is 3.48. The van der Waals surface area contributed by atoms with Gasteiger partial charge in [-0.05, 0) is 48.5 Å². The molecule has 0 bridgehead atoms. The molecule has 0 unspecified atom stereocenters. The SMILES string of the molecule is Cn1ccc2cc(Nc3ccc(OC(=O)Oc4ccc(Nc5cnc6c(ccn6C)c5)nc4)cn3)cnc21. The largest absolute Gasteiger partial charge is 0.519 e. The fourth-order valence-corrected chi connectivity index (χ4v) is 3.98. The summed E-state index contributed by atoms with van der Waals surface area (Å²) in [5.41, 5.74) is 3.39. The van der Waals surface area contributed by atoms with Crippen LogP contribution in [0.5, 0.6) is 11.5 Å². The van der Waals surface area contributed by atoms with E-state index in [0.29, 0.717) is 11.6 Å². The van der Waals surface area contributed by atoms with Gasteiger partial charge in [-0.1, -0.05) is 0 Å². The smallest absolute Gasteiger partial charge is 0.393 e. The Morgan fingerprint density at radius 3 is 1.55 bits per heavy atom. The molecule has 6 heterocycles. The lowest BCUT2D eigenvalue weighted by Crippen LogP contribution is -2.14. The van der Waals surface area contributed by atoms with Crippen LogP contribution in [0.15, 0.2) is 85.7 Å². The fraction of sp³-hybridized carbons (Fsp3) is 0.0741. The van der Waals surface area contributed by atoms with E-state index in [1.807, 2.05) is 59.9 Å². The molecule has 0 fully saturated rings. The Balaban J connectivity index is 1.03. The van der Waals surface area contributed by atoms with Gasteiger partial charge in [-0.3, -0.25) is 0 Å². The van der Waals surface area contributed by atoms with Crippen LogP contribution in [-0.2, 0) is 14.1 Å². The highest BCUT2D eigenvalue weighted by atomic mass is 16.7. The van der Waals surface area contributed by atoms with Gasteiger partial charge >= 0.3 is 6.16 Å². The summed E-state index contributed by atoms with van der Waals surface area (Å²) in [6.45, 7) is 0. The van der Waals surface area contributed by atoms with E-state index >= 15 is 0 Å². The van der Waals surface area contributed by atoms with Crippen molar-refractivity contribution in [2.45, 2.75) is 0 Å². The summed E-state index contributed by atoms with van der Waals surface area (Å²) in [5.74, 6) is 1.65. The number of carbonyl (C=O) groups is 1. The highest BCUT2D eigenvalue weighted by Crippen LogP contribution is 2.23. The van der Waals surface area contributed by atoms with Crippen molar-refractivity contribution in [1.82, 2.24) is 29.1 Å². The number of hydrogen-bond donors (Lipinski definition) is 2. The van der Waals surface area contributed by atoms with Crippen molar-refractivity contribution in [1.29, 1.82) is 0 Å². The molecule has 0 saturated carbocycles. The lowest BCUT2D eigenvalue weighted by Gasteiger charge is -2.09. The van der Waals surface area contributed by atoms with Gasteiger partial charge in [0.2, 0.25) is 0 Å². The molecule has 6 aromatic heterocycles. The van der Waals surface area contributed by atoms with Crippen molar-refractivity contribution in [2.75, 3.05) is 10.6 Å². The molecule has 0 spiro atoms. The van der Waals surface area contributed by atoms with Crippen molar-refractivity contribution < 1.29 is 14.3 Å². The van der Waals surface area contributed by atoms with Crippen LogP contribution in [0.1, 0.15) is 0 Å². The number of nitrogens with one attached hydrogen (secondary N) is 2. The van der Waals surface area contributed by atoms with Gasteiger partial charge < -0.3 is 29.2 Å². The Morgan fingerprint density at radius 1 is 0.658 bits per heavy atom. The quantitative estimate of drug-likeness (QED) is 0.289. The number of aryl methyl sites for hydroxylation is 2. The molecule has 0 atom stereocenters. The minimum atomic E-state index is -0.896. The van der Waals surface area contributed by atoms with Crippen LogP contribution < -0.4 is 20.1 Å². The van der Waals surface area contributed by atoms with Crippen LogP contribution in [0.4, 0.5) is 27.8 Å². The minimum Gasteiger partial charge on any atom is -0.393 e.